The number of rotatable bonds is 5. The second-order valence-electron chi connectivity index (χ2n) is 4.80. The zero-order valence-electron chi connectivity index (χ0n) is 12.1. The maximum absolute atomic E-state index is 12.2. The van der Waals surface area contributed by atoms with Crippen molar-refractivity contribution in [3.05, 3.63) is 64.1 Å². The van der Waals surface area contributed by atoms with Crippen molar-refractivity contribution in [1.29, 1.82) is 0 Å². The summed E-state index contributed by atoms with van der Waals surface area (Å²) in [6.45, 7) is 1.97. The first-order valence-corrected chi connectivity index (χ1v) is 7.56. The summed E-state index contributed by atoms with van der Waals surface area (Å²) in [5.41, 5.74) is 1.95. The Balaban J connectivity index is 2.03. The van der Waals surface area contributed by atoms with E-state index in [1.165, 1.54) is 0 Å². The van der Waals surface area contributed by atoms with Crippen LogP contribution in [0.25, 0.3) is 0 Å². The minimum absolute atomic E-state index is 0.0252. The maximum Gasteiger partial charge on any atom is 0.225 e. The van der Waals surface area contributed by atoms with Gasteiger partial charge in [-0.1, -0.05) is 52.3 Å². The monoisotopic (exact) mass is 347 g/mol. The molecule has 1 N–H and O–H groups in total. The number of carbonyl (C=O) groups is 1. The van der Waals surface area contributed by atoms with E-state index in [1.54, 1.807) is 7.11 Å². The molecule has 0 heterocycles. The van der Waals surface area contributed by atoms with Crippen LogP contribution in [0.3, 0.4) is 0 Å². The molecule has 0 radical (unpaired) electrons. The SMILES string of the molecule is COc1ccccc1CC(=O)NC(C)c1ccccc1Br. The van der Waals surface area contributed by atoms with Crippen LogP contribution in [0.2, 0.25) is 0 Å². The molecular weight excluding hydrogens is 330 g/mol. The standard InChI is InChI=1S/C17H18BrNO2/c1-12(14-8-4-5-9-15(14)18)19-17(20)11-13-7-3-6-10-16(13)21-2/h3-10,12H,11H2,1-2H3,(H,19,20). The summed E-state index contributed by atoms with van der Waals surface area (Å²) in [5.74, 6) is 0.712. The molecule has 1 amide bonds. The number of amides is 1. The Morgan fingerprint density at radius 2 is 1.86 bits per heavy atom. The lowest BCUT2D eigenvalue weighted by molar-refractivity contribution is -0.121. The number of nitrogens with one attached hydrogen (secondary N) is 1. The molecule has 2 aromatic rings. The molecule has 0 saturated carbocycles. The summed E-state index contributed by atoms with van der Waals surface area (Å²) in [4.78, 5) is 12.2. The molecule has 0 fully saturated rings. The second kappa shape index (κ2) is 7.27. The van der Waals surface area contributed by atoms with Gasteiger partial charge in [-0.15, -0.1) is 0 Å². The molecule has 0 aromatic heterocycles. The molecule has 110 valence electrons. The van der Waals surface area contributed by atoms with Gasteiger partial charge in [-0.3, -0.25) is 4.79 Å². The van der Waals surface area contributed by atoms with E-state index in [-0.39, 0.29) is 11.9 Å². The van der Waals surface area contributed by atoms with Gasteiger partial charge in [0.1, 0.15) is 5.75 Å². The number of hydrogen-bond acceptors (Lipinski definition) is 2. The maximum atomic E-state index is 12.2. The third kappa shape index (κ3) is 4.08. The van der Waals surface area contributed by atoms with Gasteiger partial charge in [0.2, 0.25) is 5.91 Å². The largest absolute Gasteiger partial charge is 0.496 e. The molecule has 0 bridgehead atoms. The van der Waals surface area contributed by atoms with Crippen LogP contribution in [0.1, 0.15) is 24.1 Å². The summed E-state index contributed by atoms with van der Waals surface area (Å²) in [6.07, 6.45) is 0.304. The molecule has 0 spiro atoms. The first kappa shape index (κ1) is 15.6. The molecule has 0 saturated heterocycles. The molecule has 21 heavy (non-hydrogen) atoms. The van der Waals surface area contributed by atoms with E-state index in [2.05, 4.69) is 21.2 Å². The molecule has 3 nitrogen and oxygen atoms in total. The van der Waals surface area contributed by atoms with Crippen molar-refractivity contribution in [3.63, 3.8) is 0 Å². The highest BCUT2D eigenvalue weighted by Gasteiger charge is 2.13. The number of methoxy groups -OCH3 is 1. The van der Waals surface area contributed by atoms with Crippen LogP contribution in [-0.2, 0) is 11.2 Å². The van der Waals surface area contributed by atoms with Crippen LogP contribution in [0.5, 0.6) is 5.75 Å². The van der Waals surface area contributed by atoms with Crippen LogP contribution in [0.4, 0.5) is 0 Å². The van der Waals surface area contributed by atoms with Gasteiger partial charge >= 0.3 is 0 Å². The van der Waals surface area contributed by atoms with Crippen LogP contribution in [-0.4, -0.2) is 13.0 Å². The number of halogens is 1. The Kier molecular flexibility index (Phi) is 5.39. The average Bonchev–Trinajstić information content (AvgIpc) is 2.48. The predicted octanol–water partition coefficient (Wildman–Crippen LogP) is 3.88. The lowest BCUT2D eigenvalue weighted by Gasteiger charge is -2.16. The number of carbonyl (C=O) groups excluding carboxylic acids is 1. The van der Waals surface area contributed by atoms with Crippen LogP contribution in [0, 0.1) is 0 Å². The fraction of sp³-hybridized carbons (Fsp3) is 0.235. The first-order valence-electron chi connectivity index (χ1n) is 6.77. The number of ether oxygens (including phenoxy) is 1. The average molecular weight is 348 g/mol. The van der Waals surface area contributed by atoms with Crippen molar-refractivity contribution in [2.45, 2.75) is 19.4 Å². The van der Waals surface area contributed by atoms with E-state index in [0.717, 1.165) is 21.3 Å². The topological polar surface area (TPSA) is 38.3 Å². The normalized spacial score (nSPS) is 11.8. The fourth-order valence-electron chi connectivity index (χ4n) is 2.22. The minimum atomic E-state index is -0.0530. The second-order valence-corrected chi connectivity index (χ2v) is 5.65. The molecular formula is C17H18BrNO2. The van der Waals surface area contributed by atoms with Gasteiger partial charge < -0.3 is 10.1 Å². The van der Waals surface area contributed by atoms with E-state index in [0.29, 0.717) is 6.42 Å². The van der Waals surface area contributed by atoms with Crippen LogP contribution >= 0.6 is 15.9 Å². The molecule has 0 aliphatic rings. The molecule has 0 aliphatic heterocycles. The predicted molar refractivity (Wildman–Crippen MR) is 87.4 cm³/mol. The molecule has 1 atom stereocenters. The molecule has 4 heteroatoms. The Bertz CT molecular complexity index is 628. The molecule has 0 aliphatic carbocycles. The molecule has 2 rings (SSSR count). The number of benzene rings is 2. The van der Waals surface area contributed by atoms with Crippen molar-refractivity contribution in [2.75, 3.05) is 7.11 Å². The Hall–Kier alpha value is -1.81. The number of para-hydroxylation sites is 1. The van der Waals surface area contributed by atoms with Gasteiger partial charge in [0.05, 0.1) is 19.6 Å². The Morgan fingerprint density at radius 1 is 1.19 bits per heavy atom. The number of hydrogen-bond donors (Lipinski definition) is 1. The van der Waals surface area contributed by atoms with E-state index < -0.39 is 0 Å². The summed E-state index contributed by atoms with van der Waals surface area (Å²) in [7, 11) is 1.61. The molecule has 2 aromatic carbocycles. The third-order valence-corrected chi connectivity index (χ3v) is 4.01. The molecule has 1 unspecified atom stereocenters. The van der Waals surface area contributed by atoms with Crippen molar-refractivity contribution in [3.8, 4) is 5.75 Å². The quantitative estimate of drug-likeness (QED) is 0.891. The van der Waals surface area contributed by atoms with Gasteiger partial charge in [0, 0.05) is 10.0 Å². The van der Waals surface area contributed by atoms with Gasteiger partial charge in [-0.2, -0.15) is 0 Å². The van der Waals surface area contributed by atoms with Crippen LogP contribution < -0.4 is 10.1 Å². The van der Waals surface area contributed by atoms with E-state index in [4.69, 9.17) is 4.74 Å². The van der Waals surface area contributed by atoms with E-state index in [1.807, 2.05) is 55.5 Å². The van der Waals surface area contributed by atoms with Crippen molar-refractivity contribution >= 4 is 21.8 Å². The lowest BCUT2D eigenvalue weighted by Crippen LogP contribution is -2.28. The summed E-state index contributed by atoms with van der Waals surface area (Å²) >= 11 is 3.51. The fourth-order valence-corrected chi connectivity index (χ4v) is 2.85. The summed E-state index contributed by atoms with van der Waals surface area (Å²) < 4.78 is 6.26. The zero-order valence-corrected chi connectivity index (χ0v) is 13.7. The highest BCUT2D eigenvalue weighted by molar-refractivity contribution is 9.10. The zero-order chi connectivity index (χ0) is 15.2. The Morgan fingerprint density at radius 3 is 2.57 bits per heavy atom. The van der Waals surface area contributed by atoms with Gasteiger partial charge in [0.25, 0.3) is 0 Å². The van der Waals surface area contributed by atoms with Gasteiger partial charge in [-0.25, -0.2) is 0 Å². The summed E-state index contributed by atoms with van der Waals surface area (Å²) in [5, 5.41) is 3.01. The van der Waals surface area contributed by atoms with Crippen LogP contribution in [0.15, 0.2) is 53.0 Å². The van der Waals surface area contributed by atoms with Crippen molar-refractivity contribution in [2.24, 2.45) is 0 Å². The minimum Gasteiger partial charge on any atom is -0.496 e. The van der Waals surface area contributed by atoms with E-state index >= 15 is 0 Å². The summed E-state index contributed by atoms with van der Waals surface area (Å²) in [6, 6.07) is 15.4. The van der Waals surface area contributed by atoms with Crippen molar-refractivity contribution in [1.82, 2.24) is 5.32 Å². The first-order chi connectivity index (χ1) is 10.1. The van der Waals surface area contributed by atoms with Crippen molar-refractivity contribution < 1.29 is 9.53 Å². The smallest absolute Gasteiger partial charge is 0.225 e. The van der Waals surface area contributed by atoms with E-state index in [9.17, 15) is 4.79 Å². The third-order valence-electron chi connectivity index (χ3n) is 3.29. The highest BCUT2D eigenvalue weighted by atomic mass is 79.9. The van der Waals surface area contributed by atoms with Gasteiger partial charge in [-0.05, 0) is 24.6 Å². The highest BCUT2D eigenvalue weighted by Crippen LogP contribution is 2.23. The Labute approximate surface area is 133 Å². The van der Waals surface area contributed by atoms with Gasteiger partial charge in [0.15, 0.2) is 0 Å². The lowest BCUT2D eigenvalue weighted by atomic mass is 10.1.